The Morgan fingerprint density at radius 3 is 2.15 bits per heavy atom. The Bertz CT molecular complexity index is 742. The van der Waals surface area contributed by atoms with Crippen molar-refractivity contribution >= 4 is 11.0 Å². The van der Waals surface area contributed by atoms with Crippen molar-refractivity contribution in [3.05, 3.63) is 42.5 Å². The number of methoxy groups -OCH3 is 2. The van der Waals surface area contributed by atoms with E-state index in [0.29, 0.717) is 11.3 Å². The van der Waals surface area contributed by atoms with Gasteiger partial charge in [-0.2, -0.15) is 0 Å². The first-order valence-electron chi connectivity index (χ1n) is 6.13. The lowest BCUT2D eigenvalue weighted by Crippen LogP contribution is -1.94. The second kappa shape index (κ2) is 5.13. The molecule has 0 aliphatic carbocycles. The van der Waals surface area contributed by atoms with Gasteiger partial charge in [0, 0.05) is 11.6 Å². The predicted octanol–water partition coefficient (Wildman–Crippen LogP) is 2.71. The lowest BCUT2D eigenvalue weighted by atomic mass is 10.2. The molecule has 0 aliphatic heterocycles. The minimum absolute atomic E-state index is 0.588. The average Bonchev–Trinajstić information content (AvgIpc) is 2.54. The van der Waals surface area contributed by atoms with Gasteiger partial charge < -0.3 is 9.47 Å². The van der Waals surface area contributed by atoms with Gasteiger partial charge in [0.05, 0.1) is 19.7 Å². The normalized spacial score (nSPS) is 10.5. The van der Waals surface area contributed by atoms with Crippen molar-refractivity contribution in [2.45, 2.75) is 0 Å². The average molecular weight is 267 g/mol. The zero-order chi connectivity index (χ0) is 13.9. The smallest absolute Gasteiger partial charge is 0.182 e. The van der Waals surface area contributed by atoms with Crippen LogP contribution in [0.5, 0.6) is 11.5 Å². The van der Waals surface area contributed by atoms with Gasteiger partial charge in [-0.05, 0) is 36.4 Å². The lowest BCUT2D eigenvalue weighted by molar-refractivity contribution is 0.415. The number of hydrogen-bond acceptors (Lipinski definition) is 5. The van der Waals surface area contributed by atoms with E-state index >= 15 is 0 Å². The molecule has 0 amide bonds. The maximum Gasteiger partial charge on any atom is 0.182 e. The number of rotatable bonds is 3. The van der Waals surface area contributed by atoms with Crippen LogP contribution in [0.15, 0.2) is 42.5 Å². The molecule has 0 N–H and O–H groups in total. The summed E-state index contributed by atoms with van der Waals surface area (Å²) in [5.41, 5.74) is 2.39. The molecule has 100 valence electrons. The van der Waals surface area contributed by atoms with Gasteiger partial charge in [0.2, 0.25) is 0 Å². The van der Waals surface area contributed by atoms with Crippen LogP contribution in [0.1, 0.15) is 0 Å². The quantitative estimate of drug-likeness (QED) is 0.730. The Hall–Kier alpha value is -2.69. The Morgan fingerprint density at radius 1 is 0.750 bits per heavy atom. The molecule has 0 radical (unpaired) electrons. The molecule has 1 aromatic heterocycles. The molecular formula is C15H13N3O2. The fourth-order valence-electron chi connectivity index (χ4n) is 1.90. The summed E-state index contributed by atoms with van der Waals surface area (Å²) in [6, 6.07) is 13.1. The van der Waals surface area contributed by atoms with Crippen molar-refractivity contribution < 1.29 is 9.47 Å². The number of aromatic nitrogens is 3. The summed E-state index contributed by atoms with van der Waals surface area (Å²) < 4.78 is 10.3. The van der Waals surface area contributed by atoms with E-state index in [1.54, 1.807) is 14.2 Å². The molecule has 20 heavy (non-hydrogen) atoms. The van der Waals surface area contributed by atoms with Crippen LogP contribution in [0.4, 0.5) is 0 Å². The molecule has 3 rings (SSSR count). The molecule has 0 saturated heterocycles. The Balaban J connectivity index is 2.03. The third-order valence-corrected chi connectivity index (χ3v) is 3.01. The zero-order valence-electron chi connectivity index (χ0n) is 11.2. The van der Waals surface area contributed by atoms with Crippen molar-refractivity contribution in [1.29, 1.82) is 0 Å². The van der Waals surface area contributed by atoms with E-state index in [9.17, 15) is 0 Å². The fraction of sp³-hybridized carbons (Fsp3) is 0.133. The highest BCUT2D eigenvalue weighted by atomic mass is 16.5. The van der Waals surface area contributed by atoms with Crippen molar-refractivity contribution in [2.24, 2.45) is 0 Å². The number of ether oxygens (including phenoxy) is 2. The highest BCUT2D eigenvalue weighted by Crippen LogP contribution is 2.22. The van der Waals surface area contributed by atoms with E-state index in [4.69, 9.17) is 9.47 Å². The summed E-state index contributed by atoms with van der Waals surface area (Å²) in [6.07, 6.45) is 0. The summed E-state index contributed by atoms with van der Waals surface area (Å²) in [7, 11) is 3.25. The fourth-order valence-corrected chi connectivity index (χ4v) is 1.90. The van der Waals surface area contributed by atoms with E-state index in [1.165, 1.54) is 0 Å². The standard InChI is InChI=1S/C15H13N3O2/c1-19-11-5-3-10(4-6-11)15-16-13-8-7-12(20-2)9-14(13)17-18-15/h3-9H,1-2H3. The minimum atomic E-state index is 0.588. The number of hydrogen-bond donors (Lipinski definition) is 0. The summed E-state index contributed by atoms with van der Waals surface area (Å²) in [5.74, 6) is 2.13. The summed E-state index contributed by atoms with van der Waals surface area (Å²) in [5, 5.41) is 8.34. The number of nitrogens with zero attached hydrogens (tertiary/aromatic N) is 3. The number of benzene rings is 2. The third kappa shape index (κ3) is 2.25. The molecule has 0 unspecified atom stereocenters. The Labute approximate surface area is 116 Å². The van der Waals surface area contributed by atoms with Crippen molar-refractivity contribution in [1.82, 2.24) is 15.2 Å². The maximum atomic E-state index is 5.15. The van der Waals surface area contributed by atoms with E-state index < -0.39 is 0 Å². The van der Waals surface area contributed by atoms with Crippen LogP contribution < -0.4 is 9.47 Å². The molecule has 0 spiro atoms. The van der Waals surface area contributed by atoms with Gasteiger partial charge in [0.1, 0.15) is 17.0 Å². The van der Waals surface area contributed by atoms with Crippen LogP contribution in [0, 0.1) is 0 Å². The zero-order valence-corrected chi connectivity index (χ0v) is 11.2. The van der Waals surface area contributed by atoms with E-state index in [1.807, 2.05) is 42.5 Å². The second-order valence-corrected chi connectivity index (χ2v) is 4.22. The second-order valence-electron chi connectivity index (χ2n) is 4.22. The molecule has 0 fully saturated rings. The topological polar surface area (TPSA) is 57.1 Å². The Morgan fingerprint density at radius 2 is 1.45 bits per heavy atom. The molecule has 0 saturated carbocycles. The first kappa shape index (κ1) is 12.3. The molecule has 0 bridgehead atoms. The molecule has 0 aliphatic rings. The van der Waals surface area contributed by atoms with E-state index in [2.05, 4.69) is 15.2 Å². The largest absolute Gasteiger partial charge is 0.497 e. The minimum Gasteiger partial charge on any atom is -0.497 e. The van der Waals surface area contributed by atoms with Gasteiger partial charge in [-0.3, -0.25) is 0 Å². The monoisotopic (exact) mass is 267 g/mol. The van der Waals surface area contributed by atoms with Crippen LogP contribution in [0.3, 0.4) is 0 Å². The number of fused-ring (bicyclic) bond motifs is 1. The van der Waals surface area contributed by atoms with E-state index in [0.717, 1.165) is 22.6 Å². The van der Waals surface area contributed by atoms with Crippen molar-refractivity contribution in [3.8, 4) is 22.9 Å². The van der Waals surface area contributed by atoms with Crippen LogP contribution in [0.2, 0.25) is 0 Å². The van der Waals surface area contributed by atoms with Crippen LogP contribution >= 0.6 is 0 Å². The molecular weight excluding hydrogens is 254 g/mol. The SMILES string of the molecule is COc1ccc(-c2nnc3cc(OC)ccc3n2)cc1. The highest BCUT2D eigenvalue weighted by molar-refractivity contribution is 5.77. The van der Waals surface area contributed by atoms with Crippen molar-refractivity contribution in [3.63, 3.8) is 0 Å². The van der Waals surface area contributed by atoms with Crippen molar-refractivity contribution in [2.75, 3.05) is 14.2 Å². The van der Waals surface area contributed by atoms with Gasteiger partial charge in [0.15, 0.2) is 5.82 Å². The Kier molecular flexibility index (Phi) is 3.16. The molecule has 0 atom stereocenters. The maximum absolute atomic E-state index is 5.15. The molecule has 5 nitrogen and oxygen atoms in total. The lowest BCUT2D eigenvalue weighted by Gasteiger charge is -2.04. The summed E-state index contributed by atoms with van der Waals surface area (Å²) in [6.45, 7) is 0. The predicted molar refractivity (Wildman–Crippen MR) is 75.9 cm³/mol. The first-order valence-corrected chi connectivity index (χ1v) is 6.13. The van der Waals surface area contributed by atoms with Gasteiger partial charge in [-0.25, -0.2) is 4.98 Å². The van der Waals surface area contributed by atoms with Crippen LogP contribution in [-0.2, 0) is 0 Å². The van der Waals surface area contributed by atoms with Crippen LogP contribution in [-0.4, -0.2) is 29.4 Å². The molecule has 1 heterocycles. The summed E-state index contributed by atoms with van der Waals surface area (Å²) in [4.78, 5) is 4.51. The summed E-state index contributed by atoms with van der Waals surface area (Å²) >= 11 is 0. The van der Waals surface area contributed by atoms with Crippen LogP contribution in [0.25, 0.3) is 22.4 Å². The molecule has 3 aromatic rings. The van der Waals surface area contributed by atoms with Gasteiger partial charge in [-0.1, -0.05) is 0 Å². The molecule has 2 aromatic carbocycles. The third-order valence-electron chi connectivity index (χ3n) is 3.01. The van der Waals surface area contributed by atoms with Gasteiger partial charge in [-0.15, -0.1) is 10.2 Å². The molecule has 5 heteroatoms. The first-order chi connectivity index (χ1) is 9.80. The van der Waals surface area contributed by atoms with Gasteiger partial charge in [0.25, 0.3) is 0 Å². The van der Waals surface area contributed by atoms with E-state index in [-0.39, 0.29) is 0 Å². The highest BCUT2D eigenvalue weighted by Gasteiger charge is 2.05. The van der Waals surface area contributed by atoms with Gasteiger partial charge >= 0.3 is 0 Å².